The second-order valence-corrected chi connectivity index (χ2v) is 5.43. The summed E-state index contributed by atoms with van der Waals surface area (Å²) in [4.78, 5) is 36.2. The van der Waals surface area contributed by atoms with Crippen LogP contribution < -0.4 is 11.1 Å². The van der Waals surface area contributed by atoms with Gasteiger partial charge in [-0.25, -0.2) is 4.79 Å². The number of nitrogens with one attached hydrogen (secondary N) is 1. The minimum absolute atomic E-state index is 0.0225. The van der Waals surface area contributed by atoms with Gasteiger partial charge < -0.3 is 21.1 Å². The van der Waals surface area contributed by atoms with E-state index >= 15 is 0 Å². The molecule has 1 rings (SSSR count). The van der Waals surface area contributed by atoms with E-state index in [9.17, 15) is 14.4 Å². The molecule has 7 heteroatoms. The number of piperidine rings is 1. The van der Waals surface area contributed by atoms with Gasteiger partial charge in [-0.3, -0.25) is 9.59 Å². The lowest BCUT2D eigenvalue weighted by Crippen LogP contribution is -2.49. The van der Waals surface area contributed by atoms with Crippen molar-refractivity contribution in [2.75, 3.05) is 19.6 Å². The molecule has 1 aliphatic heterocycles. The van der Waals surface area contributed by atoms with Crippen molar-refractivity contribution in [3.63, 3.8) is 0 Å². The standard InChI is InChI=1S/C13H23N3O4/c1-8(2)11(13(19)20)15-12(18)9-3-5-16(6-4-9)10(17)7-14/h8-9,11H,3-7,14H2,1-2H3,(H,15,18)(H,19,20). The lowest BCUT2D eigenvalue weighted by atomic mass is 9.94. The van der Waals surface area contributed by atoms with Crippen molar-refractivity contribution in [2.45, 2.75) is 32.7 Å². The summed E-state index contributed by atoms with van der Waals surface area (Å²) in [5, 5.41) is 11.6. The number of rotatable bonds is 5. The van der Waals surface area contributed by atoms with Gasteiger partial charge in [-0.15, -0.1) is 0 Å². The number of carboxylic acids is 1. The molecule has 1 atom stereocenters. The van der Waals surface area contributed by atoms with Crippen LogP contribution in [0.3, 0.4) is 0 Å². The summed E-state index contributed by atoms with van der Waals surface area (Å²) in [7, 11) is 0. The van der Waals surface area contributed by atoms with E-state index in [1.165, 1.54) is 0 Å². The maximum Gasteiger partial charge on any atom is 0.326 e. The third kappa shape index (κ3) is 4.19. The molecule has 4 N–H and O–H groups in total. The first-order valence-electron chi connectivity index (χ1n) is 6.87. The minimum Gasteiger partial charge on any atom is -0.480 e. The number of carbonyl (C=O) groups is 3. The number of amides is 2. The second kappa shape index (κ2) is 7.23. The average molecular weight is 285 g/mol. The van der Waals surface area contributed by atoms with E-state index in [1.54, 1.807) is 18.7 Å². The molecule has 1 unspecified atom stereocenters. The zero-order valence-corrected chi connectivity index (χ0v) is 12.0. The third-order valence-electron chi connectivity index (χ3n) is 3.62. The third-order valence-corrected chi connectivity index (χ3v) is 3.62. The van der Waals surface area contributed by atoms with E-state index in [1.807, 2.05) is 0 Å². The zero-order chi connectivity index (χ0) is 15.3. The molecule has 0 aromatic heterocycles. The normalized spacial score (nSPS) is 17.9. The number of hydrogen-bond donors (Lipinski definition) is 3. The highest BCUT2D eigenvalue weighted by molar-refractivity contribution is 5.85. The van der Waals surface area contributed by atoms with Gasteiger partial charge in [0, 0.05) is 19.0 Å². The van der Waals surface area contributed by atoms with Crippen LogP contribution in [0, 0.1) is 11.8 Å². The maximum atomic E-state index is 12.1. The van der Waals surface area contributed by atoms with Crippen LogP contribution in [-0.4, -0.2) is 53.5 Å². The number of aliphatic carboxylic acids is 1. The van der Waals surface area contributed by atoms with Crippen molar-refractivity contribution >= 4 is 17.8 Å². The summed E-state index contributed by atoms with van der Waals surface area (Å²) in [5.41, 5.74) is 5.29. The highest BCUT2D eigenvalue weighted by Gasteiger charge is 2.30. The summed E-state index contributed by atoms with van der Waals surface area (Å²) < 4.78 is 0. The molecular formula is C13H23N3O4. The monoisotopic (exact) mass is 285 g/mol. The van der Waals surface area contributed by atoms with E-state index in [0.29, 0.717) is 25.9 Å². The van der Waals surface area contributed by atoms with Gasteiger partial charge in [0.1, 0.15) is 6.04 Å². The molecule has 0 aliphatic carbocycles. The van der Waals surface area contributed by atoms with Gasteiger partial charge in [0.05, 0.1) is 6.54 Å². The first kappa shape index (κ1) is 16.4. The van der Waals surface area contributed by atoms with Gasteiger partial charge in [-0.1, -0.05) is 13.8 Å². The van der Waals surface area contributed by atoms with E-state index in [0.717, 1.165) is 0 Å². The van der Waals surface area contributed by atoms with Crippen molar-refractivity contribution in [1.29, 1.82) is 0 Å². The van der Waals surface area contributed by atoms with Crippen molar-refractivity contribution in [2.24, 2.45) is 17.6 Å². The zero-order valence-electron chi connectivity index (χ0n) is 12.0. The number of hydrogen-bond acceptors (Lipinski definition) is 4. The molecule has 2 amide bonds. The maximum absolute atomic E-state index is 12.1. The Morgan fingerprint density at radius 3 is 2.25 bits per heavy atom. The molecule has 1 fully saturated rings. The Labute approximate surface area is 118 Å². The van der Waals surface area contributed by atoms with Crippen molar-refractivity contribution in [3.05, 3.63) is 0 Å². The number of nitrogens with two attached hydrogens (primary N) is 1. The Morgan fingerprint density at radius 2 is 1.85 bits per heavy atom. The van der Waals surface area contributed by atoms with Gasteiger partial charge in [0.15, 0.2) is 0 Å². The number of carbonyl (C=O) groups excluding carboxylic acids is 2. The molecule has 0 aromatic rings. The molecular weight excluding hydrogens is 262 g/mol. The van der Waals surface area contributed by atoms with Crippen LogP contribution in [0.25, 0.3) is 0 Å². The van der Waals surface area contributed by atoms with Gasteiger partial charge in [-0.05, 0) is 18.8 Å². The number of likely N-dealkylation sites (tertiary alicyclic amines) is 1. The first-order chi connectivity index (χ1) is 9.36. The summed E-state index contributed by atoms with van der Waals surface area (Å²) >= 11 is 0. The summed E-state index contributed by atoms with van der Waals surface area (Å²) in [6.45, 7) is 4.47. The van der Waals surface area contributed by atoms with Crippen LogP contribution in [0.4, 0.5) is 0 Å². The molecule has 0 spiro atoms. The predicted molar refractivity (Wildman–Crippen MR) is 72.8 cm³/mol. The molecule has 0 saturated carbocycles. The topological polar surface area (TPSA) is 113 Å². The Balaban J connectivity index is 2.50. The van der Waals surface area contributed by atoms with Crippen LogP contribution in [-0.2, 0) is 14.4 Å². The van der Waals surface area contributed by atoms with Crippen molar-refractivity contribution in [1.82, 2.24) is 10.2 Å². The minimum atomic E-state index is -1.02. The highest BCUT2D eigenvalue weighted by atomic mass is 16.4. The predicted octanol–water partition coefficient (Wildman–Crippen LogP) is -0.591. The highest BCUT2D eigenvalue weighted by Crippen LogP contribution is 2.18. The fourth-order valence-electron chi connectivity index (χ4n) is 2.30. The molecule has 1 heterocycles. The van der Waals surface area contributed by atoms with Gasteiger partial charge in [0.25, 0.3) is 0 Å². The second-order valence-electron chi connectivity index (χ2n) is 5.43. The van der Waals surface area contributed by atoms with Gasteiger partial charge in [-0.2, -0.15) is 0 Å². The number of nitrogens with zero attached hydrogens (tertiary/aromatic N) is 1. The molecule has 0 aromatic carbocycles. The van der Waals surface area contributed by atoms with E-state index < -0.39 is 12.0 Å². The largest absolute Gasteiger partial charge is 0.480 e. The van der Waals surface area contributed by atoms with Gasteiger partial charge in [0.2, 0.25) is 11.8 Å². The molecule has 0 bridgehead atoms. The average Bonchev–Trinajstić information content (AvgIpc) is 2.43. The quantitative estimate of drug-likeness (QED) is 0.625. The first-order valence-corrected chi connectivity index (χ1v) is 6.87. The fraction of sp³-hybridized carbons (Fsp3) is 0.769. The molecule has 1 aliphatic rings. The lowest BCUT2D eigenvalue weighted by molar-refractivity contribution is -0.144. The molecule has 114 valence electrons. The molecule has 1 saturated heterocycles. The summed E-state index contributed by atoms with van der Waals surface area (Å²) in [6, 6.07) is -0.869. The van der Waals surface area contributed by atoms with Crippen LogP contribution in [0.1, 0.15) is 26.7 Å². The van der Waals surface area contributed by atoms with Crippen LogP contribution in [0.5, 0.6) is 0 Å². The van der Waals surface area contributed by atoms with Gasteiger partial charge >= 0.3 is 5.97 Å². The summed E-state index contributed by atoms with van der Waals surface area (Å²) in [5.74, 6) is -1.79. The van der Waals surface area contributed by atoms with Crippen LogP contribution in [0.2, 0.25) is 0 Å². The molecule has 0 radical (unpaired) electrons. The molecule has 7 nitrogen and oxygen atoms in total. The Hall–Kier alpha value is -1.63. The Kier molecular flexibility index (Phi) is 5.94. The summed E-state index contributed by atoms with van der Waals surface area (Å²) in [6.07, 6.45) is 1.09. The Bertz CT molecular complexity index is 376. The smallest absolute Gasteiger partial charge is 0.326 e. The molecule has 20 heavy (non-hydrogen) atoms. The van der Waals surface area contributed by atoms with Crippen molar-refractivity contribution < 1.29 is 19.5 Å². The van der Waals surface area contributed by atoms with Crippen molar-refractivity contribution in [3.8, 4) is 0 Å². The van der Waals surface area contributed by atoms with Crippen LogP contribution in [0.15, 0.2) is 0 Å². The van der Waals surface area contributed by atoms with E-state index in [2.05, 4.69) is 5.32 Å². The lowest BCUT2D eigenvalue weighted by Gasteiger charge is -2.32. The van der Waals surface area contributed by atoms with E-state index in [4.69, 9.17) is 10.8 Å². The van der Waals surface area contributed by atoms with E-state index in [-0.39, 0.29) is 30.2 Å². The SMILES string of the molecule is CC(C)C(NC(=O)C1CCN(C(=O)CN)CC1)C(=O)O. The van der Waals surface area contributed by atoms with Crippen LogP contribution >= 0.6 is 0 Å². The Morgan fingerprint density at radius 1 is 1.30 bits per heavy atom. The number of carboxylic acid groups (broad SMARTS) is 1. The fourth-order valence-corrected chi connectivity index (χ4v) is 2.30.